The van der Waals surface area contributed by atoms with Crippen LogP contribution in [0.2, 0.25) is 0 Å². The van der Waals surface area contributed by atoms with Crippen LogP contribution in [0.15, 0.2) is 29.2 Å². The molecule has 0 saturated carbocycles. The fourth-order valence-corrected chi connectivity index (χ4v) is 2.78. The first-order valence-corrected chi connectivity index (χ1v) is 8.10. The quantitative estimate of drug-likeness (QED) is 0.531. The molecule has 0 bridgehead atoms. The van der Waals surface area contributed by atoms with Crippen LogP contribution < -0.4 is 0 Å². The Morgan fingerprint density at radius 2 is 1.74 bits per heavy atom. The van der Waals surface area contributed by atoms with Crippen LogP contribution >= 0.6 is 11.8 Å². The monoisotopic (exact) mass is 279 g/mol. The SMILES string of the molecule is CCSc1ccc(C(=O)C(C)CN(CC)CC)cc1. The highest BCUT2D eigenvalue weighted by molar-refractivity contribution is 7.99. The fourth-order valence-electron chi connectivity index (χ4n) is 2.12. The van der Waals surface area contributed by atoms with Crippen LogP contribution in [0.3, 0.4) is 0 Å². The largest absolute Gasteiger partial charge is 0.303 e. The van der Waals surface area contributed by atoms with Gasteiger partial charge in [-0.15, -0.1) is 11.8 Å². The number of benzene rings is 1. The summed E-state index contributed by atoms with van der Waals surface area (Å²) in [6, 6.07) is 8.01. The lowest BCUT2D eigenvalue weighted by molar-refractivity contribution is 0.0898. The van der Waals surface area contributed by atoms with Crippen LogP contribution in [-0.2, 0) is 0 Å². The number of carbonyl (C=O) groups excluding carboxylic acids is 1. The molecular weight excluding hydrogens is 254 g/mol. The molecule has 1 rings (SSSR count). The number of rotatable bonds is 8. The van der Waals surface area contributed by atoms with Crippen molar-refractivity contribution in [1.29, 1.82) is 0 Å². The van der Waals surface area contributed by atoms with Gasteiger partial charge in [-0.25, -0.2) is 0 Å². The fraction of sp³-hybridized carbons (Fsp3) is 0.562. The predicted octanol–water partition coefficient (Wildman–Crippen LogP) is 3.96. The standard InChI is InChI=1S/C16H25NOS/c1-5-17(6-2)12-13(4)16(18)14-8-10-15(11-9-14)19-7-3/h8-11,13H,5-7,12H2,1-4H3. The predicted molar refractivity (Wildman–Crippen MR) is 84.1 cm³/mol. The minimum Gasteiger partial charge on any atom is -0.303 e. The molecule has 19 heavy (non-hydrogen) atoms. The zero-order valence-corrected chi connectivity index (χ0v) is 13.3. The van der Waals surface area contributed by atoms with Gasteiger partial charge in [0.25, 0.3) is 0 Å². The van der Waals surface area contributed by atoms with E-state index in [2.05, 4.69) is 25.7 Å². The highest BCUT2D eigenvalue weighted by Gasteiger charge is 2.17. The Kier molecular flexibility index (Phi) is 7.17. The number of thioether (sulfide) groups is 1. The molecule has 0 aliphatic heterocycles. The van der Waals surface area contributed by atoms with Gasteiger partial charge < -0.3 is 4.90 Å². The summed E-state index contributed by atoms with van der Waals surface area (Å²) >= 11 is 1.80. The topological polar surface area (TPSA) is 20.3 Å². The maximum atomic E-state index is 12.3. The Bertz CT molecular complexity index is 384. The van der Waals surface area contributed by atoms with Crippen molar-refractivity contribution in [2.45, 2.75) is 32.6 Å². The lowest BCUT2D eigenvalue weighted by Gasteiger charge is -2.21. The first kappa shape index (κ1) is 16.3. The zero-order valence-electron chi connectivity index (χ0n) is 12.5. The van der Waals surface area contributed by atoms with Crippen LogP contribution in [0.25, 0.3) is 0 Å². The Labute approximate surface area is 121 Å². The Morgan fingerprint density at radius 1 is 1.16 bits per heavy atom. The molecule has 0 aliphatic rings. The maximum absolute atomic E-state index is 12.3. The zero-order chi connectivity index (χ0) is 14.3. The van der Waals surface area contributed by atoms with Crippen molar-refractivity contribution < 1.29 is 4.79 Å². The van der Waals surface area contributed by atoms with Crippen molar-refractivity contribution in [3.63, 3.8) is 0 Å². The third-order valence-electron chi connectivity index (χ3n) is 3.32. The Morgan fingerprint density at radius 3 is 2.21 bits per heavy atom. The summed E-state index contributed by atoms with van der Waals surface area (Å²) < 4.78 is 0. The Hall–Kier alpha value is -0.800. The minimum absolute atomic E-state index is 0.0598. The molecule has 0 radical (unpaired) electrons. The van der Waals surface area contributed by atoms with E-state index in [1.807, 2.05) is 31.2 Å². The van der Waals surface area contributed by atoms with Crippen molar-refractivity contribution in [3.8, 4) is 0 Å². The van der Waals surface area contributed by atoms with Crippen LogP contribution in [0.1, 0.15) is 38.1 Å². The smallest absolute Gasteiger partial charge is 0.166 e. The van der Waals surface area contributed by atoms with E-state index in [1.165, 1.54) is 4.90 Å². The van der Waals surface area contributed by atoms with Gasteiger partial charge in [-0.1, -0.05) is 39.8 Å². The van der Waals surface area contributed by atoms with Crippen LogP contribution in [0, 0.1) is 5.92 Å². The molecule has 1 atom stereocenters. The molecule has 0 spiro atoms. The molecule has 0 N–H and O–H groups in total. The number of Topliss-reactive ketones (excluding diaryl/α,β-unsaturated/α-hetero) is 1. The van der Waals surface area contributed by atoms with E-state index >= 15 is 0 Å². The van der Waals surface area contributed by atoms with E-state index in [1.54, 1.807) is 11.8 Å². The molecule has 2 nitrogen and oxygen atoms in total. The first-order valence-electron chi connectivity index (χ1n) is 7.11. The minimum atomic E-state index is 0.0598. The van der Waals surface area contributed by atoms with Crippen LogP contribution in [0.5, 0.6) is 0 Å². The summed E-state index contributed by atoms with van der Waals surface area (Å²) in [4.78, 5) is 15.9. The van der Waals surface area contributed by atoms with Gasteiger partial charge >= 0.3 is 0 Å². The molecule has 0 aliphatic carbocycles. The Balaban J connectivity index is 2.65. The van der Waals surface area contributed by atoms with E-state index in [0.29, 0.717) is 0 Å². The molecule has 0 fully saturated rings. The second-order valence-corrected chi connectivity index (χ2v) is 6.05. The third-order valence-corrected chi connectivity index (χ3v) is 4.22. The van der Waals surface area contributed by atoms with Crippen molar-refractivity contribution in [1.82, 2.24) is 4.90 Å². The normalized spacial score (nSPS) is 12.7. The molecule has 0 saturated heterocycles. The van der Waals surface area contributed by atoms with Gasteiger partial charge in [0.2, 0.25) is 0 Å². The second kappa shape index (κ2) is 8.39. The third kappa shape index (κ3) is 5.00. The van der Waals surface area contributed by atoms with Gasteiger partial charge in [-0.3, -0.25) is 4.79 Å². The van der Waals surface area contributed by atoms with Crippen molar-refractivity contribution >= 4 is 17.5 Å². The van der Waals surface area contributed by atoms with E-state index < -0.39 is 0 Å². The summed E-state index contributed by atoms with van der Waals surface area (Å²) in [5.74, 6) is 1.37. The molecule has 0 aromatic heterocycles. The van der Waals surface area contributed by atoms with Crippen molar-refractivity contribution in [2.75, 3.05) is 25.4 Å². The highest BCUT2D eigenvalue weighted by atomic mass is 32.2. The molecule has 1 aromatic carbocycles. The van der Waals surface area contributed by atoms with Crippen LogP contribution in [0.4, 0.5) is 0 Å². The average Bonchev–Trinajstić information content (AvgIpc) is 2.45. The van der Waals surface area contributed by atoms with E-state index in [9.17, 15) is 4.79 Å². The number of hydrogen-bond acceptors (Lipinski definition) is 3. The number of carbonyl (C=O) groups is 1. The van der Waals surface area contributed by atoms with Gasteiger partial charge in [-0.05, 0) is 31.0 Å². The number of nitrogens with zero attached hydrogens (tertiary/aromatic N) is 1. The van der Waals surface area contributed by atoms with Gasteiger partial charge in [-0.2, -0.15) is 0 Å². The average molecular weight is 279 g/mol. The number of ketones is 1. The van der Waals surface area contributed by atoms with E-state index in [0.717, 1.165) is 31.0 Å². The first-order chi connectivity index (χ1) is 9.12. The second-order valence-electron chi connectivity index (χ2n) is 4.71. The summed E-state index contributed by atoms with van der Waals surface area (Å²) in [7, 11) is 0. The van der Waals surface area contributed by atoms with Gasteiger partial charge in [0.1, 0.15) is 0 Å². The summed E-state index contributed by atoms with van der Waals surface area (Å²) in [6.07, 6.45) is 0. The lowest BCUT2D eigenvalue weighted by atomic mass is 9.99. The summed E-state index contributed by atoms with van der Waals surface area (Å²) in [5, 5.41) is 0. The molecule has 106 valence electrons. The highest BCUT2D eigenvalue weighted by Crippen LogP contribution is 2.19. The van der Waals surface area contributed by atoms with E-state index in [4.69, 9.17) is 0 Å². The molecule has 1 unspecified atom stereocenters. The number of hydrogen-bond donors (Lipinski definition) is 0. The maximum Gasteiger partial charge on any atom is 0.166 e. The lowest BCUT2D eigenvalue weighted by Crippen LogP contribution is -2.31. The van der Waals surface area contributed by atoms with Crippen molar-refractivity contribution in [3.05, 3.63) is 29.8 Å². The molecule has 1 aromatic rings. The van der Waals surface area contributed by atoms with Gasteiger partial charge in [0, 0.05) is 22.9 Å². The van der Waals surface area contributed by atoms with E-state index in [-0.39, 0.29) is 11.7 Å². The molecular formula is C16H25NOS. The molecule has 3 heteroatoms. The molecule has 0 heterocycles. The summed E-state index contributed by atoms with van der Waals surface area (Å²) in [5.41, 5.74) is 0.833. The molecule has 0 amide bonds. The van der Waals surface area contributed by atoms with Gasteiger partial charge in [0.05, 0.1) is 0 Å². The van der Waals surface area contributed by atoms with Gasteiger partial charge in [0.15, 0.2) is 5.78 Å². The van der Waals surface area contributed by atoms with Crippen LogP contribution in [-0.4, -0.2) is 36.1 Å². The van der Waals surface area contributed by atoms with Crippen molar-refractivity contribution in [2.24, 2.45) is 5.92 Å². The summed E-state index contributed by atoms with van der Waals surface area (Å²) in [6.45, 7) is 11.3.